The third-order valence-corrected chi connectivity index (χ3v) is 4.44. The van der Waals surface area contributed by atoms with Gasteiger partial charge in [0, 0.05) is 19.1 Å². The molecule has 0 amide bonds. The molecule has 2 unspecified atom stereocenters. The van der Waals surface area contributed by atoms with Gasteiger partial charge in [-0.25, -0.2) is 4.39 Å². The number of ether oxygens (including phenoxy) is 2. The van der Waals surface area contributed by atoms with Gasteiger partial charge in [0.15, 0.2) is 0 Å². The molecule has 2 aromatic carbocycles. The minimum atomic E-state index is -0.639. The number of hydrogen-bond donors (Lipinski definition) is 1. The molecule has 4 nitrogen and oxygen atoms in total. The van der Waals surface area contributed by atoms with Crippen molar-refractivity contribution in [3.05, 3.63) is 59.9 Å². The van der Waals surface area contributed by atoms with Gasteiger partial charge in [0.2, 0.25) is 0 Å². The molecule has 0 spiro atoms. The Bertz CT molecular complexity index is 663. The lowest BCUT2D eigenvalue weighted by atomic mass is 10.1. The van der Waals surface area contributed by atoms with E-state index in [1.165, 1.54) is 12.1 Å². The molecule has 2 aromatic rings. The Morgan fingerprint density at radius 3 is 2.42 bits per heavy atom. The zero-order valence-electron chi connectivity index (χ0n) is 15.7. The van der Waals surface area contributed by atoms with Crippen LogP contribution in [0.15, 0.2) is 48.5 Å². The van der Waals surface area contributed by atoms with E-state index in [2.05, 4.69) is 18.7 Å². The van der Waals surface area contributed by atoms with Crippen LogP contribution in [0.1, 0.15) is 25.8 Å². The Hall–Kier alpha value is -2.11. The van der Waals surface area contributed by atoms with E-state index >= 15 is 0 Å². The largest absolute Gasteiger partial charge is 0.497 e. The molecule has 0 aromatic heterocycles. The van der Waals surface area contributed by atoms with Crippen molar-refractivity contribution >= 4 is 0 Å². The third kappa shape index (κ3) is 6.32. The summed E-state index contributed by atoms with van der Waals surface area (Å²) in [4.78, 5) is 2.15. The van der Waals surface area contributed by atoms with E-state index in [4.69, 9.17) is 9.47 Å². The second-order valence-corrected chi connectivity index (χ2v) is 6.46. The number of halogens is 1. The normalized spacial score (nSPS) is 13.5. The maximum absolute atomic E-state index is 13.4. The maximum Gasteiger partial charge on any atom is 0.123 e. The first-order valence-electron chi connectivity index (χ1n) is 8.95. The van der Waals surface area contributed by atoms with Crippen LogP contribution in [-0.4, -0.2) is 42.4 Å². The first-order chi connectivity index (χ1) is 12.5. The zero-order valence-corrected chi connectivity index (χ0v) is 15.7. The Morgan fingerprint density at radius 2 is 1.81 bits per heavy atom. The first-order valence-corrected chi connectivity index (χ1v) is 8.95. The van der Waals surface area contributed by atoms with E-state index in [1.807, 2.05) is 30.3 Å². The molecular weight excluding hydrogens is 333 g/mol. The van der Waals surface area contributed by atoms with E-state index in [-0.39, 0.29) is 18.5 Å². The highest BCUT2D eigenvalue weighted by Gasteiger charge is 2.18. The second kappa shape index (κ2) is 10.1. The summed E-state index contributed by atoms with van der Waals surface area (Å²) in [6, 6.07) is 14.1. The van der Waals surface area contributed by atoms with Gasteiger partial charge < -0.3 is 14.6 Å². The molecule has 1 N–H and O–H groups in total. The molecule has 0 aliphatic heterocycles. The Labute approximate surface area is 155 Å². The van der Waals surface area contributed by atoms with Gasteiger partial charge in [-0.2, -0.15) is 0 Å². The zero-order chi connectivity index (χ0) is 18.9. The van der Waals surface area contributed by atoms with Crippen molar-refractivity contribution in [1.29, 1.82) is 0 Å². The molecular formula is C21H28FNO3. The molecule has 0 heterocycles. The van der Waals surface area contributed by atoms with Gasteiger partial charge >= 0.3 is 0 Å². The Morgan fingerprint density at radius 1 is 1.12 bits per heavy atom. The van der Waals surface area contributed by atoms with Crippen LogP contribution in [0.5, 0.6) is 11.5 Å². The number of benzene rings is 2. The van der Waals surface area contributed by atoms with E-state index < -0.39 is 6.10 Å². The molecule has 26 heavy (non-hydrogen) atoms. The number of nitrogens with zero attached hydrogens (tertiary/aromatic N) is 1. The molecule has 2 atom stereocenters. The SMILES string of the molecule is CCC(C)N(Cc1cccc(F)c1)CC(O)COc1ccc(OC)cc1. The minimum Gasteiger partial charge on any atom is -0.497 e. The van der Waals surface area contributed by atoms with Crippen LogP contribution in [-0.2, 0) is 6.54 Å². The van der Waals surface area contributed by atoms with Crippen molar-refractivity contribution in [2.75, 3.05) is 20.3 Å². The molecule has 0 saturated carbocycles. The highest BCUT2D eigenvalue weighted by atomic mass is 19.1. The highest BCUT2D eigenvalue weighted by Crippen LogP contribution is 2.18. The minimum absolute atomic E-state index is 0.197. The molecule has 0 aliphatic carbocycles. The molecule has 0 bridgehead atoms. The molecule has 0 saturated heterocycles. The molecule has 0 aliphatic rings. The molecule has 2 rings (SSSR count). The van der Waals surface area contributed by atoms with E-state index in [9.17, 15) is 9.50 Å². The van der Waals surface area contributed by atoms with Gasteiger partial charge in [-0.05, 0) is 55.3 Å². The third-order valence-electron chi connectivity index (χ3n) is 4.44. The van der Waals surface area contributed by atoms with Crippen LogP contribution in [0.2, 0.25) is 0 Å². The number of methoxy groups -OCH3 is 1. The van der Waals surface area contributed by atoms with Crippen LogP contribution >= 0.6 is 0 Å². The van der Waals surface area contributed by atoms with Gasteiger partial charge in [0.05, 0.1) is 7.11 Å². The fourth-order valence-corrected chi connectivity index (χ4v) is 2.72. The number of aliphatic hydroxyl groups excluding tert-OH is 1. The average Bonchev–Trinajstić information content (AvgIpc) is 2.65. The summed E-state index contributed by atoms with van der Waals surface area (Å²) in [5.41, 5.74) is 0.897. The van der Waals surface area contributed by atoms with Gasteiger partial charge in [-0.15, -0.1) is 0 Å². The summed E-state index contributed by atoms with van der Waals surface area (Å²) >= 11 is 0. The van der Waals surface area contributed by atoms with Crippen LogP contribution in [0.4, 0.5) is 4.39 Å². The van der Waals surface area contributed by atoms with Crippen LogP contribution < -0.4 is 9.47 Å². The summed E-state index contributed by atoms with van der Waals surface area (Å²) in [6.45, 7) is 5.45. The van der Waals surface area contributed by atoms with Gasteiger partial charge in [0.1, 0.15) is 30.0 Å². The van der Waals surface area contributed by atoms with E-state index in [1.54, 1.807) is 13.2 Å². The van der Waals surface area contributed by atoms with Crippen LogP contribution in [0, 0.1) is 5.82 Å². The number of hydrogen-bond acceptors (Lipinski definition) is 4. The first kappa shape index (κ1) is 20.2. The lowest BCUT2D eigenvalue weighted by Gasteiger charge is -2.30. The molecule has 0 fully saturated rings. The Balaban J connectivity index is 1.91. The van der Waals surface area contributed by atoms with Crippen molar-refractivity contribution < 1.29 is 19.0 Å². The highest BCUT2D eigenvalue weighted by molar-refractivity contribution is 5.31. The van der Waals surface area contributed by atoms with Gasteiger partial charge in [-0.1, -0.05) is 19.1 Å². The lowest BCUT2D eigenvalue weighted by Crippen LogP contribution is -2.40. The van der Waals surface area contributed by atoms with Crippen LogP contribution in [0.3, 0.4) is 0 Å². The standard InChI is InChI=1S/C21H28FNO3/c1-4-16(2)23(13-17-6-5-7-18(22)12-17)14-19(24)15-26-21-10-8-20(25-3)9-11-21/h5-12,16,19,24H,4,13-15H2,1-3H3. The summed E-state index contributed by atoms with van der Waals surface area (Å²) < 4.78 is 24.2. The van der Waals surface area contributed by atoms with Gasteiger partial charge in [0.25, 0.3) is 0 Å². The molecule has 0 radical (unpaired) electrons. The smallest absolute Gasteiger partial charge is 0.123 e. The number of rotatable bonds is 10. The van der Waals surface area contributed by atoms with Crippen molar-refractivity contribution in [1.82, 2.24) is 4.90 Å². The maximum atomic E-state index is 13.4. The monoisotopic (exact) mass is 361 g/mol. The summed E-state index contributed by atoms with van der Waals surface area (Å²) in [7, 11) is 1.61. The van der Waals surface area contributed by atoms with E-state index in [0.29, 0.717) is 18.8 Å². The van der Waals surface area contributed by atoms with Crippen molar-refractivity contribution in [3.8, 4) is 11.5 Å². The van der Waals surface area contributed by atoms with E-state index in [0.717, 1.165) is 17.7 Å². The summed E-state index contributed by atoms with van der Waals surface area (Å²) in [5, 5.41) is 10.4. The topological polar surface area (TPSA) is 41.9 Å². The van der Waals surface area contributed by atoms with Gasteiger partial charge in [-0.3, -0.25) is 4.90 Å². The van der Waals surface area contributed by atoms with Crippen LogP contribution in [0.25, 0.3) is 0 Å². The lowest BCUT2D eigenvalue weighted by molar-refractivity contribution is 0.0506. The predicted molar refractivity (Wildman–Crippen MR) is 101 cm³/mol. The van der Waals surface area contributed by atoms with Crippen molar-refractivity contribution in [2.24, 2.45) is 0 Å². The number of aliphatic hydroxyl groups is 1. The molecule has 142 valence electrons. The molecule has 5 heteroatoms. The fraction of sp³-hybridized carbons (Fsp3) is 0.429. The van der Waals surface area contributed by atoms with Crippen molar-refractivity contribution in [3.63, 3.8) is 0 Å². The Kier molecular flexibility index (Phi) is 7.88. The quantitative estimate of drug-likeness (QED) is 0.697. The summed E-state index contributed by atoms with van der Waals surface area (Å²) in [5.74, 6) is 1.20. The van der Waals surface area contributed by atoms with Crippen molar-refractivity contribution in [2.45, 2.75) is 39.0 Å². The predicted octanol–water partition coefficient (Wildman–Crippen LogP) is 3.87. The second-order valence-electron chi connectivity index (χ2n) is 6.46. The average molecular weight is 361 g/mol. The fourth-order valence-electron chi connectivity index (χ4n) is 2.72. The summed E-state index contributed by atoms with van der Waals surface area (Å²) in [6.07, 6.45) is 0.307.